The Morgan fingerprint density at radius 2 is 1.91 bits per heavy atom. The van der Waals surface area contributed by atoms with Crippen LogP contribution in [0.15, 0.2) is 40.3 Å². The summed E-state index contributed by atoms with van der Waals surface area (Å²) in [7, 11) is 5.91. The van der Waals surface area contributed by atoms with Crippen molar-refractivity contribution in [2.45, 2.75) is 62.5 Å². The predicted octanol–water partition coefficient (Wildman–Crippen LogP) is 4.43. The number of benzene rings is 1. The second-order valence-electron chi connectivity index (χ2n) is 9.34. The molecule has 2 heterocycles. The second-order valence-corrected chi connectivity index (χ2v) is 11.7. The molecule has 0 fully saturated rings. The summed E-state index contributed by atoms with van der Waals surface area (Å²) in [5, 5.41) is 1.13. The monoisotopic (exact) mass is 498 g/mol. The number of nitrogens with zero attached hydrogens (tertiary/aromatic N) is 4. The number of aryl methyl sites for hydroxylation is 2. The molecular weight excluding hydrogens is 464 g/mol. The number of hydrogen-bond donors (Lipinski definition) is 0. The Bertz CT molecular complexity index is 1200. The highest BCUT2D eigenvalue weighted by atomic mass is 32.2. The van der Waals surface area contributed by atoms with E-state index in [1.807, 2.05) is 63.0 Å². The number of carbonyl (C=O) groups excluding carboxylic acids is 1. The Morgan fingerprint density at radius 3 is 2.65 bits per heavy atom. The summed E-state index contributed by atoms with van der Waals surface area (Å²) in [5.74, 6) is 0.0357. The van der Waals surface area contributed by atoms with Gasteiger partial charge in [-0.15, -0.1) is 11.3 Å². The summed E-state index contributed by atoms with van der Waals surface area (Å²) in [6.45, 7) is 3.97. The zero-order valence-electron chi connectivity index (χ0n) is 20.5. The van der Waals surface area contributed by atoms with Crippen LogP contribution in [0.25, 0.3) is 10.2 Å². The predicted molar refractivity (Wildman–Crippen MR) is 142 cm³/mol. The molecule has 2 aromatic heterocycles. The van der Waals surface area contributed by atoms with Crippen LogP contribution in [0, 0.1) is 0 Å². The van der Waals surface area contributed by atoms with E-state index < -0.39 is 0 Å². The van der Waals surface area contributed by atoms with Crippen LogP contribution in [0.2, 0.25) is 0 Å². The van der Waals surface area contributed by atoms with Gasteiger partial charge in [0.2, 0.25) is 5.91 Å². The Balaban J connectivity index is 1.61. The van der Waals surface area contributed by atoms with Crippen LogP contribution in [0.5, 0.6) is 0 Å². The van der Waals surface area contributed by atoms with E-state index in [1.54, 1.807) is 16.2 Å². The minimum atomic E-state index is -0.340. The Hall–Kier alpha value is -2.16. The van der Waals surface area contributed by atoms with E-state index in [-0.39, 0.29) is 16.7 Å². The summed E-state index contributed by atoms with van der Waals surface area (Å²) < 4.78 is 1.82. The maximum absolute atomic E-state index is 13.7. The number of thiophene rings is 1. The van der Waals surface area contributed by atoms with Crippen molar-refractivity contribution in [1.29, 1.82) is 0 Å². The molecule has 0 saturated carbocycles. The number of aromatic nitrogens is 2. The van der Waals surface area contributed by atoms with E-state index in [0.29, 0.717) is 18.2 Å². The van der Waals surface area contributed by atoms with Crippen molar-refractivity contribution in [2.24, 2.45) is 0 Å². The molecule has 6 nitrogen and oxygen atoms in total. The third-order valence-corrected chi connectivity index (χ3v) is 8.56. The van der Waals surface area contributed by atoms with Crippen LogP contribution in [-0.2, 0) is 30.7 Å². The van der Waals surface area contributed by atoms with Gasteiger partial charge in [-0.05, 0) is 70.8 Å². The molecular formula is C26H34N4O2S2. The summed E-state index contributed by atoms with van der Waals surface area (Å²) in [6.07, 6.45) is 5.18. The first-order valence-corrected chi connectivity index (χ1v) is 13.7. The van der Waals surface area contributed by atoms with Gasteiger partial charge in [-0.25, -0.2) is 4.98 Å². The lowest BCUT2D eigenvalue weighted by Gasteiger charge is -2.22. The number of carbonyl (C=O) groups is 1. The van der Waals surface area contributed by atoms with Crippen LogP contribution >= 0.6 is 23.1 Å². The van der Waals surface area contributed by atoms with Gasteiger partial charge in [-0.3, -0.25) is 14.2 Å². The van der Waals surface area contributed by atoms with E-state index in [1.165, 1.54) is 28.6 Å². The number of thioether (sulfide) groups is 1. The number of hydrogen-bond acceptors (Lipinski definition) is 6. The molecule has 0 saturated heterocycles. The van der Waals surface area contributed by atoms with E-state index in [9.17, 15) is 9.59 Å². The maximum Gasteiger partial charge on any atom is 0.263 e. The first-order chi connectivity index (χ1) is 16.3. The van der Waals surface area contributed by atoms with Crippen LogP contribution in [0.4, 0.5) is 0 Å². The summed E-state index contributed by atoms with van der Waals surface area (Å²) in [4.78, 5) is 37.8. The Labute approximate surface area is 210 Å². The highest BCUT2D eigenvalue weighted by Gasteiger charge is 2.25. The van der Waals surface area contributed by atoms with Crippen LogP contribution in [0.3, 0.4) is 0 Å². The molecule has 1 amide bonds. The van der Waals surface area contributed by atoms with Crippen molar-refractivity contribution in [3.63, 3.8) is 0 Å². The lowest BCUT2D eigenvalue weighted by molar-refractivity contribution is -0.129. The molecule has 0 aliphatic heterocycles. The van der Waals surface area contributed by atoms with E-state index in [4.69, 9.17) is 4.98 Å². The summed E-state index contributed by atoms with van der Waals surface area (Å²) >= 11 is 3.07. The van der Waals surface area contributed by atoms with Crippen LogP contribution < -0.4 is 5.56 Å². The van der Waals surface area contributed by atoms with Crippen molar-refractivity contribution in [1.82, 2.24) is 19.4 Å². The standard InChI is InChI=1S/C26H34N4O2S2/c1-18(24(31)29(4)17-19-11-6-5-7-12-19)33-26-27-23-22(20-13-8-9-14-21(20)34-23)25(32)30(26)16-10-15-28(2)3/h5-7,11-12,18H,8-10,13-17H2,1-4H3. The quantitative estimate of drug-likeness (QED) is 0.323. The highest BCUT2D eigenvalue weighted by molar-refractivity contribution is 8.00. The molecule has 34 heavy (non-hydrogen) atoms. The molecule has 0 radical (unpaired) electrons. The second kappa shape index (κ2) is 11.1. The van der Waals surface area contributed by atoms with Crippen molar-refractivity contribution < 1.29 is 4.79 Å². The molecule has 1 aromatic carbocycles. The van der Waals surface area contributed by atoms with Gasteiger partial charge in [0.1, 0.15) is 4.83 Å². The fourth-order valence-corrected chi connectivity index (χ4v) is 6.86. The fourth-order valence-electron chi connectivity index (χ4n) is 4.51. The highest BCUT2D eigenvalue weighted by Crippen LogP contribution is 2.35. The normalized spacial score (nSPS) is 14.4. The summed E-state index contributed by atoms with van der Waals surface area (Å²) in [5.41, 5.74) is 2.37. The van der Waals surface area contributed by atoms with Gasteiger partial charge in [0.15, 0.2) is 5.16 Å². The first kappa shape index (κ1) is 24.9. The van der Waals surface area contributed by atoms with Gasteiger partial charge in [0, 0.05) is 25.0 Å². The first-order valence-electron chi connectivity index (χ1n) is 12.0. The van der Waals surface area contributed by atoms with Gasteiger partial charge in [0.25, 0.3) is 5.56 Å². The molecule has 1 atom stereocenters. The average molecular weight is 499 g/mol. The van der Waals surface area contributed by atoms with E-state index in [2.05, 4.69) is 4.90 Å². The van der Waals surface area contributed by atoms with Gasteiger partial charge in [-0.1, -0.05) is 42.1 Å². The molecule has 3 aromatic rings. The molecule has 0 spiro atoms. The van der Waals surface area contributed by atoms with E-state index in [0.717, 1.165) is 48.0 Å². The average Bonchev–Trinajstić information content (AvgIpc) is 3.19. The minimum absolute atomic E-state index is 0.0357. The third kappa shape index (κ3) is 5.56. The Kier molecular flexibility index (Phi) is 8.11. The molecule has 1 aliphatic rings. The van der Waals surface area contributed by atoms with Gasteiger partial charge < -0.3 is 9.80 Å². The summed E-state index contributed by atoms with van der Waals surface area (Å²) in [6, 6.07) is 10.00. The minimum Gasteiger partial charge on any atom is -0.340 e. The number of fused-ring (bicyclic) bond motifs is 3. The van der Waals surface area contributed by atoms with E-state index >= 15 is 0 Å². The molecule has 182 valence electrons. The van der Waals surface area contributed by atoms with Gasteiger partial charge >= 0.3 is 0 Å². The third-order valence-electron chi connectivity index (χ3n) is 6.30. The number of rotatable bonds is 9. The molecule has 0 bridgehead atoms. The SMILES string of the molecule is CC(Sc1nc2sc3c(c2c(=O)n1CCCN(C)C)CCCC3)C(=O)N(C)Cc1ccccc1. The lowest BCUT2D eigenvalue weighted by atomic mass is 9.97. The molecule has 0 N–H and O–H groups in total. The zero-order chi connectivity index (χ0) is 24.2. The van der Waals surface area contributed by atoms with Crippen molar-refractivity contribution in [3.05, 3.63) is 56.7 Å². The Morgan fingerprint density at radius 1 is 1.18 bits per heavy atom. The maximum atomic E-state index is 13.7. The smallest absolute Gasteiger partial charge is 0.263 e. The van der Waals surface area contributed by atoms with Crippen LogP contribution in [-0.4, -0.2) is 58.2 Å². The topological polar surface area (TPSA) is 58.4 Å². The van der Waals surface area contributed by atoms with Gasteiger partial charge in [-0.2, -0.15) is 0 Å². The molecule has 1 unspecified atom stereocenters. The van der Waals surface area contributed by atoms with Gasteiger partial charge in [0.05, 0.1) is 10.6 Å². The van der Waals surface area contributed by atoms with Crippen molar-refractivity contribution in [3.8, 4) is 0 Å². The number of amides is 1. The van der Waals surface area contributed by atoms with Crippen LogP contribution in [0.1, 0.15) is 42.2 Å². The fraction of sp³-hybridized carbons (Fsp3) is 0.500. The largest absolute Gasteiger partial charge is 0.340 e. The van der Waals surface area contributed by atoms with Crippen molar-refractivity contribution >= 4 is 39.2 Å². The molecule has 4 rings (SSSR count). The lowest BCUT2D eigenvalue weighted by Crippen LogP contribution is -2.33. The van der Waals surface area contributed by atoms with Crippen molar-refractivity contribution in [2.75, 3.05) is 27.7 Å². The molecule has 1 aliphatic carbocycles. The zero-order valence-corrected chi connectivity index (χ0v) is 22.2. The molecule has 8 heteroatoms.